The number of halogens is 1. The van der Waals surface area contributed by atoms with Crippen molar-refractivity contribution in [2.24, 2.45) is 0 Å². The Morgan fingerprint density at radius 2 is 1.92 bits per heavy atom. The van der Waals surface area contributed by atoms with Crippen LogP contribution in [0.3, 0.4) is 0 Å². The lowest BCUT2D eigenvalue weighted by Gasteiger charge is -2.37. The summed E-state index contributed by atoms with van der Waals surface area (Å²) in [5.41, 5.74) is 3.10. The van der Waals surface area contributed by atoms with Crippen molar-refractivity contribution in [3.63, 3.8) is 0 Å². The van der Waals surface area contributed by atoms with Crippen molar-refractivity contribution in [3.05, 3.63) is 35.6 Å². The average Bonchev–Trinajstić information content (AvgIpc) is 3.00. The predicted molar refractivity (Wildman–Crippen MR) is 92.3 cm³/mol. The lowest BCUT2D eigenvalue weighted by atomic mass is 10.1. The first-order chi connectivity index (χ1) is 11.6. The summed E-state index contributed by atoms with van der Waals surface area (Å²) in [5, 5.41) is 13.3. The highest BCUT2D eigenvalue weighted by molar-refractivity contribution is 6.37. The molecule has 6 nitrogen and oxygen atoms in total. The van der Waals surface area contributed by atoms with E-state index in [1.54, 1.807) is 12.4 Å². The third-order valence-corrected chi connectivity index (χ3v) is 4.54. The van der Waals surface area contributed by atoms with E-state index in [2.05, 4.69) is 34.1 Å². The summed E-state index contributed by atoms with van der Waals surface area (Å²) >= 11 is 6.63. The van der Waals surface area contributed by atoms with E-state index in [4.69, 9.17) is 20.9 Å². The molecule has 2 atom stereocenters. The van der Waals surface area contributed by atoms with Gasteiger partial charge in [0.05, 0.1) is 35.7 Å². The van der Waals surface area contributed by atoms with E-state index < -0.39 is 0 Å². The van der Waals surface area contributed by atoms with Crippen molar-refractivity contribution in [2.75, 3.05) is 18.0 Å². The Morgan fingerprint density at radius 1 is 1.12 bits per heavy atom. The van der Waals surface area contributed by atoms with Gasteiger partial charge in [0.2, 0.25) is 0 Å². The third-order valence-electron chi connectivity index (χ3n) is 4.18. The average molecular weight is 345 g/mol. The molecule has 2 aromatic heterocycles. The zero-order valence-electron chi connectivity index (χ0n) is 13.4. The number of aromatic nitrogens is 3. The summed E-state index contributed by atoms with van der Waals surface area (Å²) in [7, 11) is 0. The monoisotopic (exact) mass is 344 g/mol. The van der Waals surface area contributed by atoms with Crippen LogP contribution in [0.2, 0.25) is 5.02 Å². The third kappa shape index (κ3) is 2.61. The van der Waals surface area contributed by atoms with Gasteiger partial charge in [0, 0.05) is 18.7 Å². The highest BCUT2D eigenvalue weighted by Crippen LogP contribution is 2.38. The molecule has 0 saturated carbocycles. The normalized spacial score (nSPS) is 21.4. The Bertz CT molecular complexity index is 858. The topological polar surface area (TPSA) is 64.3 Å². The minimum atomic E-state index is 0.161. The molecule has 0 N–H and O–H groups in total. The van der Waals surface area contributed by atoms with E-state index in [9.17, 15) is 0 Å². The molecule has 0 spiro atoms. The first-order valence-corrected chi connectivity index (χ1v) is 8.26. The molecule has 3 heterocycles. The van der Waals surface area contributed by atoms with Crippen LogP contribution in [0.5, 0.6) is 0 Å². The van der Waals surface area contributed by atoms with Crippen molar-refractivity contribution in [3.8, 4) is 11.3 Å². The molecular weight excluding hydrogens is 328 g/mol. The molecule has 1 aliphatic rings. The van der Waals surface area contributed by atoms with Crippen LogP contribution < -0.4 is 4.90 Å². The maximum Gasteiger partial charge on any atom is 0.188 e. The van der Waals surface area contributed by atoms with E-state index >= 15 is 0 Å². The van der Waals surface area contributed by atoms with Crippen LogP contribution in [-0.2, 0) is 4.74 Å². The number of nitrogens with zero attached hydrogens (tertiary/aromatic N) is 4. The standard InChI is InChI=1S/C17H17ClN4O2/c1-10-8-22(9-11(2)23-10)14-4-3-13-16(12-5-6-19-20-7-12)21-24-17(13)15(14)18/h3-7,10-11H,8-9H2,1-2H3/t10-,11+. The maximum atomic E-state index is 6.63. The second-order valence-electron chi connectivity index (χ2n) is 6.10. The molecule has 3 aromatic rings. The lowest BCUT2D eigenvalue weighted by Crippen LogP contribution is -2.45. The summed E-state index contributed by atoms with van der Waals surface area (Å²) in [6, 6.07) is 5.86. The summed E-state index contributed by atoms with van der Waals surface area (Å²) < 4.78 is 11.3. The largest absolute Gasteiger partial charge is 0.372 e. The number of benzene rings is 1. The van der Waals surface area contributed by atoms with Gasteiger partial charge >= 0.3 is 0 Å². The van der Waals surface area contributed by atoms with Crippen molar-refractivity contribution in [1.29, 1.82) is 0 Å². The molecule has 1 aliphatic heterocycles. The summed E-state index contributed by atoms with van der Waals surface area (Å²) in [6.45, 7) is 5.73. The van der Waals surface area contributed by atoms with E-state index in [-0.39, 0.29) is 12.2 Å². The molecule has 0 unspecified atom stereocenters. The summed E-state index contributed by atoms with van der Waals surface area (Å²) in [6.07, 6.45) is 3.61. The summed E-state index contributed by atoms with van der Waals surface area (Å²) in [5.74, 6) is 0. The highest BCUT2D eigenvalue weighted by atomic mass is 35.5. The van der Waals surface area contributed by atoms with Crippen LogP contribution in [0, 0.1) is 0 Å². The number of rotatable bonds is 2. The van der Waals surface area contributed by atoms with Gasteiger partial charge in [-0.15, -0.1) is 0 Å². The molecule has 1 aromatic carbocycles. The minimum Gasteiger partial charge on any atom is -0.372 e. The van der Waals surface area contributed by atoms with E-state index in [0.717, 1.165) is 35.4 Å². The molecule has 7 heteroatoms. The van der Waals surface area contributed by atoms with Crippen LogP contribution in [-0.4, -0.2) is 40.7 Å². The molecule has 0 amide bonds. The quantitative estimate of drug-likeness (QED) is 0.708. The maximum absolute atomic E-state index is 6.63. The predicted octanol–water partition coefficient (Wildman–Crippen LogP) is 3.55. The number of hydrogen-bond acceptors (Lipinski definition) is 6. The second kappa shape index (κ2) is 6.03. The fraction of sp³-hybridized carbons (Fsp3) is 0.353. The molecule has 4 rings (SSSR count). The Labute approximate surface area is 144 Å². The number of ether oxygens (including phenoxy) is 1. The van der Waals surface area contributed by atoms with Gasteiger partial charge < -0.3 is 14.2 Å². The molecule has 1 fully saturated rings. The second-order valence-corrected chi connectivity index (χ2v) is 6.48. The molecule has 0 bridgehead atoms. The van der Waals surface area contributed by atoms with E-state index in [1.807, 2.05) is 18.2 Å². The van der Waals surface area contributed by atoms with Crippen LogP contribution in [0.15, 0.2) is 35.1 Å². The van der Waals surface area contributed by atoms with E-state index in [1.165, 1.54) is 0 Å². The van der Waals surface area contributed by atoms with Crippen molar-refractivity contribution in [1.82, 2.24) is 15.4 Å². The van der Waals surface area contributed by atoms with Gasteiger partial charge in [-0.05, 0) is 32.0 Å². The fourth-order valence-electron chi connectivity index (χ4n) is 3.22. The minimum absolute atomic E-state index is 0.161. The SMILES string of the molecule is C[C@@H]1CN(c2ccc3c(-c4ccnnc4)noc3c2Cl)C[C@H](C)O1. The highest BCUT2D eigenvalue weighted by Gasteiger charge is 2.26. The van der Waals surface area contributed by atoms with Gasteiger partial charge in [-0.25, -0.2) is 0 Å². The molecule has 0 radical (unpaired) electrons. The zero-order chi connectivity index (χ0) is 16.7. The lowest BCUT2D eigenvalue weighted by molar-refractivity contribution is -0.00520. The fourth-order valence-corrected chi connectivity index (χ4v) is 3.54. The van der Waals surface area contributed by atoms with Gasteiger partial charge in [0.1, 0.15) is 10.7 Å². The first kappa shape index (κ1) is 15.4. The van der Waals surface area contributed by atoms with Crippen molar-refractivity contribution >= 4 is 28.3 Å². The van der Waals surface area contributed by atoms with Crippen LogP contribution in [0.25, 0.3) is 22.2 Å². The Balaban J connectivity index is 1.77. The Morgan fingerprint density at radius 3 is 2.62 bits per heavy atom. The molecule has 0 aliphatic carbocycles. The molecule has 124 valence electrons. The smallest absolute Gasteiger partial charge is 0.188 e. The number of fused-ring (bicyclic) bond motifs is 1. The number of morpholine rings is 1. The number of anilines is 1. The summed E-state index contributed by atoms with van der Waals surface area (Å²) in [4.78, 5) is 2.23. The van der Waals surface area contributed by atoms with E-state index in [0.29, 0.717) is 10.6 Å². The van der Waals surface area contributed by atoms with Gasteiger partial charge in [-0.1, -0.05) is 16.8 Å². The van der Waals surface area contributed by atoms with Gasteiger partial charge in [0.25, 0.3) is 0 Å². The first-order valence-electron chi connectivity index (χ1n) is 7.89. The van der Waals surface area contributed by atoms with Crippen molar-refractivity contribution < 1.29 is 9.26 Å². The molecule has 24 heavy (non-hydrogen) atoms. The van der Waals surface area contributed by atoms with Crippen LogP contribution >= 0.6 is 11.6 Å². The van der Waals surface area contributed by atoms with Gasteiger partial charge in [-0.2, -0.15) is 10.2 Å². The van der Waals surface area contributed by atoms with Crippen LogP contribution in [0.1, 0.15) is 13.8 Å². The zero-order valence-corrected chi connectivity index (χ0v) is 14.2. The van der Waals surface area contributed by atoms with Crippen LogP contribution in [0.4, 0.5) is 5.69 Å². The molecular formula is C17H17ClN4O2. The Kier molecular flexibility index (Phi) is 3.86. The van der Waals surface area contributed by atoms with Crippen molar-refractivity contribution in [2.45, 2.75) is 26.1 Å². The Hall–Kier alpha value is -2.18. The molecule has 1 saturated heterocycles. The van der Waals surface area contributed by atoms with Gasteiger partial charge in [0.15, 0.2) is 5.58 Å². The number of hydrogen-bond donors (Lipinski definition) is 0. The van der Waals surface area contributed by atoms with Gasteiger partial charge in [-0.3, -0.25) is 0 Å².